The smallest absolute Gasteiger partial charge is 0.276 e. The molecule has 0 bridgehead atoms. The standard InChI is InChI=1S/C89H152N2O57P2/c1-33(2)13-9-14-34(3)15-10-16-35(4)17-11-18-36(5)19-12-20-37(6)21-22-129-149(123,124)148-150(125,126)147-81-51(91-39(8)101)61(111)73(47(30-99)137-81)140-80-50(90-38(7)100)60(110)74(46(29-98)136-80)141-86-72(122)76(143-88-79(67(117)57(107)44(27-96)134-88)146-89-78(66(116)56(106)45(28-97)135-89)145-85-70(120)64(114)54(104)42(25-94)132-85)59(109)49(139-86)32-128-83-71(121)75(58(108)48(138-83)31-127-82-68(118)62(112)52(102)40(23-92)130-82)142-87-77(65(115)55(105)43(26-95)133-87)144-84-69(119)63(113)53(103)41(24-93)131-84/h13,15,17,19,37,40-89,92-99,102-122H,9-12,14,16,18,20-32H2,1-8H3,(H,90,100)(H,91,101)(H,123,124)(H,125,126)/p-2/b34-15+,35-17+,36-19-/t37?,40-,41-,42-,43-,44-,45-,46-,47-,48-,49-,50-,51-,52-,53-,54-,55-,56-,57-,58-,59-,60-,61-,62+,63+,64+,65+,66+,67+,68+,69+,70+,71+,72+,73-,74-,75+,76+,77+,78+,79+,80+,81?,82+,83+,84-,85-,86+,87-,88-,89-/m1/s1. The summed E-state index contributed by atoms with van der Waals surface area (Å²) in [4.78, 5) is 53.2. The predicted molar refractivity (Wildman–Crippen MR) is 485 cm³/mol. The highest BCUT2D eigenvalue weighted by Gasteiger charge is 2.62. The summed E-state index contributed by atoms with van der Waals surface area (Å²) in [5.74, 6) is -2.33. The van der Waals surface area contributed by atoms with Crippen molar-refractivity contribution in [1.29, 1.82) is 0 Å². The SMILES string of the molecule is CC(=O)N[C@H]1[C@H](O[C@H]2[C@H](O)[C@@H](NC(C)=O)C(OP(=O)([O-])OP(=O)([O-])OCCC(C)CC/C=C(/C)CC/C=C(\C)CC/C=C(\C)CCC=C(C)C)O[C@@H]2CO)O[C@H](CO)[C@@H](O[C@@H]2O[C@H](CO[C@H]3O[C@H](CO[C@H]4O[C@H](CO)[C@@H](O)[C@H](O)[C@@H]4O)[C@@H](O)[C@H](O[C@H]4O[C@H](CO)[C@@H](O)[C@H](O)[C@@H]4O[C@H]4O[C@H](CO)[C@@H](O)[C@H](O)[C@@H]4O)[C@@H]3O)[C@@H](O)[C@H](O[C@H]3O[C@H](CO)[C@@H](O)[C@H](O)[C@@H]3O[C@H]3O[C@H](CO)[C@@H](O)[C@H](O)[C@@H]3O[C@H]3O[C@H](CO)[C@@H](O)[C@H](O)[C@@H]3O)[C@@H]2O)[C@@H]1O. The van der Waals surface area contributed by atoms with E-state index in [0.29, 0.717) is 12.8 Å². The Morgan fingerprint density at radius 3 is 0.953 bits per heavy atom. The molecule has 10 rings (SSSR count). The number of phosphoric ester groups is 2. The number of allylic oxidation sites excluding steroid dienone is 8. The van der Waals surface area contributed by atoms with Gasteiger partial charge in [0, 0.05) is 13.8 Å². The maximum atomic E-state index is 13.6. The molecule has 2 amide bonds. The molecule has 10 saturated heterocycles. The van der Waals surface area contributed by atoms with Gasteiger partial charge in [0.25, 0.3) is 15.6 Å². The maximum absolute atomic E-state index is 13.6. The predicted octanol–water partition coefficient (Wildman–Crippen LogP) is -14.6. The van der Waals surface area contributed by atoms with Crippen LogP contribution in [0, 0.1) is 5.92 Å². The molecular formula is C89H150N2O57P2-2. The minimum absolute atomic E-state index is 0.0840. The largest absolute Gasteiger partial charge is 0.756 e. The van der Waals surface area contributed by atoms with Crippen LogP contribution in [0.1, 0.15) is 113 Å². The van der Waals surface area contributed by atoms with Gasteiger partial charge < -0.3 is 263 Å². The molecule has 0 radical (unpaired) electrons. The Morgan fingerprint density at radius 1 is 0.293 bits per heavy atom. The first kappa shape index (κ1) is 128. The number of phosphoric acid groups is 2. The number of rotatable bonds is 50. The number of carbonyl (C=O) groups is 2. The van der Waals surface area contributed by atoms with E-state index < -0.39 is 407 Å². The van der Waals surface area contributed by atoms with Gasteiger partial charge in [0.1, 0.15) is 244 Å². The van der Waals surface area contributed by atoms with Crippen molar-refractivity contribution in [2.24, 2.45) is 5.92 Å². The van der Waals surface area contributed by atoms with Crippen molar-refractivity contribution in [3.8, 4) is 0 Å². The fourth-order valence-electron chi connectivity index (χ4n) is 18.5. The molecule has 4 unspecified atom stereocenters. The van der Waals surface area contributed by atoms with Crippen molar-refractivity contribution in [3.63, 3.8) is 0 Å². The molecule has 0 aromatic rings. The van der Waals surface area contributed by atoms with E-state index in [-0.39, 0.29) is 12.3 Å². The van der Waals surface area contributed by atoms with Crippen molar-refractivity contribution < 1.29 is 280 Å². The number of aliphatic hydroxyl groups excluding tert-OH is 29. The first-order valence-corrected chi connectivity index (χ1v) is 52.1. The molecule has 0 aromatic heterocycles. The Balaban J connectivity index is 0.923. The van der Waals surface area contributed by atoms with E-state index in [4.69, 9.17) is 99.0 Å². The van der Waals surface area contributed by atoms with Crippen LogP contribution < -0.4 is 20.4 Å². The molecule has 10 aliphatic rings. The average molecular weight is 2220 g/mol. The molecule has 59 nitrogen and oxygen atoms in total. The van der Waals surface area contributed by atoms with Crippen LogP contribution in [0.4, 0.5) is 0 Å². The second-order valence-corrected chi connectivity index (χ2v) is 41.9. The Bertz CT molecular complexity index is 4310. The molecule has 0 aromatic carbocycles. The molecule has 61 heteroatoms. The summed E-state index contributed by atoms with van der Waals surface area (Å²) in [6.07, 6.45) is -93.1. The second-order valence-electron chi connectivity index (χ2n) is 39.0. The van der Waals surface area contributed by atoms with Gasteiger partial charge in [-0.05, 0) is 98.3 Å². The summed E-state index contributed by atoms with van der Waals surface area (Å²) in [5.41, 5.74) is 5.04. The van der Waals surface area contributed by atoms with Gasteiger partial charge in [-0.15, -0.1) is 0 Å². The number of hydrogen-bond donors (Lipinski definition) is 31. The van der Waals surface area contributed by atoms with Gasteiger partial charge in [0.2, 0.25) is 11.8 Å². The van der Waals surface area contributed by atoms with Gasteiger partial charge in [-0.25, -0.2) is 4.31 Å². The van der Waals surface area contributed by atoms with E-state index in [1.807, 2.05) is 6.92 Å². The van der Waals surface area contributed by atoms with E-state index in [2.05, 4.69) is 66.9 Å². The number of hydrogen-bond acceptors (Lipinski definition) is 57. The quantitative estimate of drug-likeness (QED) is 0.0199. The van der Waals surface area contributed by atoms with Crippen molar-refractivity contribution in [2.45, 2.75) is 420 Å². The van der Waals surface area contributed by atoms with Crippen molar-refractivity contribution in [2.75, 3.05) is 72.7 Å². The zero-order valence-corrected chi connectivity index (χ0v) is 85.0. The van der Waals surface area contributed by atoms with Crippen molar-refractivity contribution >= 4 is 27.5 Å². The zero-order chi connectivity index (χ0) is 111. The van der Waals surface area contributed by atoms with E-state index in [9.17, 15) is 177 Å². The fourth-order valence-corrected chi connectivity index (χ4v) is 20.6. The summed E-state index contributed by atoms with van der Waals surface area (Å²) in [6, 6.07) is -4.37. The molecule has 10 fully saturated rings. The van der Waals surface area contributed by atoms with Gasteiger partial charge in [-0.1, -0.05) is 53.5 Å². The first-order valence-electron chi connectivity index (χ1n) is 49.1. The third kappa shape index (κ3) is 32.8. The molecule has 53 atom stereocenters. The van der Waals surface area contributed by atoms with Gasteiger partial charge in [-0.3, -0.25) is 23.2 Å². The third-order valence-corrected chi connectivity index (χ3v) is 29.8. The zero-order valence-electron chi connectivity index (χ0n) is 83.2. The number of aliphatic hydroxyl groups is 29. The van der Waals surface area contributed by atoms with Crippen LogP contribution >= 0.6 is 15.6 Å². The van der Waals surface area contributed by atoms with E-state index in [1.54, 1.807) is 6.92 Å². The molecule has 10 heterocycles. The molecule has 0 aliphatic carbocycles. The van der Waals surface area contributed by atoms with Crippen molar-refractivity contribution in [1.82, 2.24) is 10.6 Å². The normalized spacial score (nSPS) is 44.2. The Morgan fingerprint density at radius 2 is 0.573 bits per heavy atom. The van der Waals surface area contributed by atoms with Crippen LogP contribution in [0.15, 0.2) is 46.6 Å². The van der Waals surface area contributed by atoms with Gasteiger partial charge >= 0.3 is 0 Å². The summed E-state index contributed by atoms with van der Waals surface area (Å²) in [5, 5.41) is 331. The van der Waals surface area contributed by atoms with E-state index >= 15 is 0 Å². The van der Waals surface area contributed by atoms with Crippen molar-refractivity contribution in [3.05, 3.63) is 46.6 Å². The summed E-state index contributed by atoms with van der Waals surface area (Å²) in [6.45, 7) is 1.31. The number of ether oxygens (including phenoxy) is 19. The molecule has 150 heavy (non-hydrogen) atoms. The topological polar surface area (TPSA) is 928 Å². The van der Waals surface area contributed by atoms with Gasteiger partial charge in [0.05, 0.1) is 72.7 Å². The number of carbonyl (C=O) groups excluding carboxylic acids is 2. The highest BCUT2D eigenvalue weighted by molar-refractivity contribution is 7.59. The lowest BCUT2D eigenvalue weighted by Crippen LogP contribution is -2.70. The highest BCUT2D eigenvalue weighted by Crippen LogP contribution is 2.57. The second kappa shape index (κ2) is 58.5. The monoisotopic (exact) mass is 2220 g/mol. The average Bonchev–Trinajstić information content (AvgIpc) is 0.757. The molecule has 0 saturated carbocycles. The Kier molecular flexibility index (Phi) is 49.9. The van der Waals surface area contributed by atoms with Gasteiger partial charge in [-0.2, -0.15) is 0 Å². The molecule has 31 N–H and O–H groups in total. The molecule has 10 aliphatic heterocycles. The lowest BCUT2D eigenvalue weighted by molar-refractivity contribution is -0.408. The van der Waals surface area contributed by atoms with E-state index in [1.165, 1.54) is 16.7 Å². The highest BCUT2D eigenvalue weighted by atomic mass is 31.3. The van der Waals surface area contributed by atoms with E-state index in [0.717, 1.165) is 57.9 Å². The first-order chi connectivity index (χ1) is 70.8. The Hall–Kier alpha value is -3.76. The molecule has 0 spiro atoms. The van der Waals surface area contributed by atoms with Crippen LogP contribution in [-0.4, -0.2) is 540 Å². The minimum atomic E-state index is -6.28. The third-order valence-electron chi connectivity index (χ3n) is 27.2. The molecule has 870 valence electrons. The maximum Gasteiger partial charge on any atom is 0.276 e. The molecular weight excluding hydrogens is 2070 g/mol. The van der Waals surface area contributed by atoms with Crippen LogP contribution in [0.2, 0.25) is 0 Å². The van der Waals surface area contributed by atoms with Crippen LogP contribution in [0.25, 0.3) is 0 Å². The summed E-state index contributed by atoms with van der Waals surface area (Å²) < 4.78 is 153. The minimum Gasteiger partial charge on any atom is -0.756 e. The Labute approximate surface area is 860 Å². The summed E-state index contributed by atoms with van der Waals surface area (Å²) >= 11 is 0. The lowest BCUT2D eigenvalue weighted by Gasteiger charge is -2.51. The number of nitrogens with one attached hydrogen (secondary N) is 2. The lowest BCUT2D eigenvalue weighted by atomic mass is 9.94. The number of amides is 2. The van der Waals surface area contributed by atoms with Gasteiger partial charge in [0.15, 0.2) is 62.9 Å². The van der Waals surface area contributed by atoms with Crippen LogP contribution in [0.3, 0.4) is 0 Å². The fraction of sp³-hybridized carbons (Fsp3) is 0.888. The summed E-state index contributed by atoms with van der Waals surface area (Å²) in [7, 11) is -12.2. The van der Waals surface area contributed by atoms with Crippen LogP contribution in [-0.2, 0) is 122 Å². The van der Waals surface area contributed by atoms with Crippen LogP contribution in [0.5, 0.6) is 0 Å².